The molecule has 2 heterocycles. The molecule has 2 aliphatic rings. The maximum absolute atomic E-state index is 13.2. The molecule has 0 saturated carbocycles. The fraction of sp³-hybridized carbons (Fsp3) is 0.593. The number of halogens is 1. The Labute approximate surface area is 238 Å². The number of Topliss-reactive ketones (excluding diaryl/α,β-unsaturated/α-hetero) is 1. The molecular formula is C27H38ClN5O5S. The van der Waals surface area contributed by atoms with E-state index in [1.54, 1.807) is 31.2 Å². The lowest BCUT2D eigenvalue weighted by molar-refractivity contribution is -0.140. The molecule has 12 heteroatoms. The van der Waals surface area contributed by atoms with Gasteiger partial charge >= 0.3 is 6.03 Å². The Kier molecular flexibility index (Phi) is 11.5. The van der Waals surface area contributed by atoms with Crippen LogP contribution >= 0.6 is 23.4 Å². The quantitative estimate of drug-likeness (QED) is 0.129. The highest BCUT2D eigenvalue weighted by Gasteiger charge is 2.42. The molecule has 39 heavy (non-hydrogen) atoms. The summed E-state index contributed by atoms with van der Waals surface area (Å²) in [5, 5.41) is 14.7. The van der Waals surface area contributed by atoms with Crippen LogP contribution in [0.4, 0.5) is 4.79 Å². The summed E-state index contributed by atoms with van der Waals surface area (Å²) in [6, 6.07) is 5.04. The molecule has 1 aromatic carbocycles. The Morgan fingerprint density at radius 3 is 2.46 bits per heavy atom. The van der Waals surface area contributed by atoms with Crippen molar-refractivity contribution in [3.63, 3.8) is 0 Å². The number of carbonyl (C=O) groups excluding carboxylic acids is 5. The van der Waals surface area contributed by atoms with Gasteiger partial charge in [0.1, 0.15) is 12.1 Å². The number of unbranched alkanes of at least 4 members (excludes halogenated alkanes) is 1. The number of urea groups is 1. The van der Waals surface area contributed by atoms with E-state index in [2.05, 4.69) is 26.6 Å². The molecule has 214 valence electrons. The molecule has 2 fully saturated rings. The van der Waals surface area contributed by atoms with Crippen molar-refractivity contribution >= 4 is 52.9 Å². The first kappa shape index (κ1) is 30.7. The second kappa shape index (κ2) is 14.6. The van der Waals surface area contributed by atoms with Crippen LogP contribution < -0.4 is 26.6 Å². The van der Waals surface area contributed by atoms with Gasteiger partial charge in [0.2, 0.25) is 17.6 Å². The van der Waals surface area contributed by atoms with Gasteiger partial charge in [-0.2, -0.15) is 11.8 Å². The van der Waals surface area contributed by atoms with Gasteiger partial charge in [0, 0.05) is 35.4 Å². The van der Waals surface area contributed by atoms with Gasteiger partial charge in [-0.15, -0.1) is 0 Å². The van der Waals surface area contributed by atoms with E-state index >= 15 is 0 Å². The van der Waals surface area contributed by atoms with Crippen LogP contribution in [0.1, 0.15) is 52.0 Å². The fourth-order valence-electron chi connectivity index (χ4n) is 4.79. The topological polar surface area (TPSA) is 146 Å². The molecule has 10 nitrogen and oxygen atoms in total. The number of amides is 5. The molecule has 0 aliphatic carbocycles. The third-order valence-corrected chi connectivity index (χ3v) is 8.65. The van der Waals surface area contributed by atoms with E-state index in [4.69, 9.17) is 11.6 Å². The monoisotopic (exact) mass is 579 g/mol. The van der Waals surface area contributed by atoms with E-state index in [0.717, 1.165) is 24.2 Å². The van der Waals surface area contributed by atoms with Gasteiger partial charge < -0.3 is 26.6 Å². The van der Waals surface area contributed by atoms with E-state index < -0.39 is 29.7 Å². The molecule has 5 N–H and O–H groups in total. The van der Waals surface area contributed by atoms with Crippen LogP contribution in [0.25, 0.3) is 0 Å². The highest BCUT2D eigenvalue weighted by atomic mass is 35.5. The summed E-state index contributed by atoms with van der Waals surface area (Å²) >= 11 is 7.79. The molecule has 0 unspecified atom stereocenters. The highest BCUT2D eigenvalue weighted by molar-refractivity contribution is 8.00. The Morgan fingerprint density at radius 2 is 1.79 bits per heavy atom. The summed E-state index contributed by atoms with van der Waals surface area (Å²) in [5.41, 5.74) is 0.729. The minimum Gasteiger partial charge on any atom is -0.350 e. The summed E-state index contributed by atoms with van der Waals surface area (Å²) in [6.45, 7) is 5.60. The number of benzene rings is 1. The van der Waals surface area contributed by atoms with Crippen molar-refractivity contribution in [3.05, 3.63) is 34.9 Å². The number of nitrogens with one attached hydrogen (secondary N) is 5. The Hall–Kier alpha value is -2.79. The van der Waals surface area contributed by atoms with Crippen LogP contribution in [0.3, 0.4) is 0 Å². The average molecular weight is 580 g/mol. The summed E-state index contributed by atoms with van der Waals surface area (Å²) in [5.74, 6) is -1.65. The predicted octanol–water partition coefficient (Wildman–Crippen LogP) is 1.94. The summed E-state index contributed by atoms with van der Waals surface area (Å²) in [7, 11) is 0. The van der Waals surface area contributed by atoms with Crippen molar-refractivity contribution in [3.8, 4) is 0 Å². The Bertz CT molecular complexity index is 1050. The zero-order chi connectivity index (χ0) is 28.5. The first-order valence-electron chi connectivity index (χ1n) is 13.4. The highest BCUT2D eigenvalue weighted by Crippen LogP contribution is 2.33. The SMILES string of the molecule is CCNC(=O)C(=O)[C@H](Cc1ccc(Cl)cc1)NC(=O)[C@@H](NC(=O)CCCC[C@@H]1SC[C@@H]2NC(=O)N[C@@H]21)C(C)C. The second-order valence-corrected chi connectivity index (χ2v) is 12.0. The minimum absolute atomic E-state index is 0.106. The zero-order valence-corrected chi connectivity index (χ0v) is 24.1. The maximum Gasteiger partial charge on any atom is 0.315 e. The van der Waals surface area contributed by atoms with Crippen LogP contribution in [0.2, 0.25) is 5.02 Å². The Balaban J connectivity index is 1.53. The van der Waals surface area contributed by atoms with Gasteiger partial charge in [-0.05, 0) is 43.4 Å². The molecule has 5 amide bonds. The molecule has 2 aliphatic heterocycles. The van der Waals surface area contributed by atoms with Crippen LogP contribution in [-0.4, -0.2) is 71.3 Å². The molecule has 1 aromatic rings. The second-order valence-electron chi connectivity index (χ2n) is 10.3. The number of rotatable bonds is 14. The van der Waals surface area contributed by atoms with Crippen LogP contribution in [0.5, 0.6) is 0 Å². The first-order valence-corrected chi connectivity index (χ1v) is 14.9. The predicted molar refractivity (Wildman–Crippen MR) is 152 cm³/mol. The smallest absolute Gasteiger partial charge is 0.315 e. The lowest BCUT2D eigenvalue weighted by Crippen LogP contribution is -2.56. The van der Waals surface area contributed by atoms with Gasteiger partial charge in [0.05, 0.1) is 12.1 Å². The van der Waals surface area contributed by atoms with Crippen molar-refractivity contribution in [1.29, 1.82) is 0 Å². The van der Waals surface area contributed by atoms with Crippen molar-refractivity contribution in [1.82, 2.24) is 26.6 Å². The fourth-order valence-corrected chi connectivity index (χ4v) is 6.46. The normalized spacial score (nSPS) is 21.4. The third kappa shape index (κ3) is 8.86. The van der Waals surface area contributed by atoms with Gasteiger partial charge in [0.15, 0.2) is 0 Å². The van der Waals surface area contributed by atoms with Crippen molar-refractivity contribution < 1.29 is 24.0 Å². The Morgan fingerprint density at radius 1 is 1.08 bits per heavy atom. The number of likely N-dealkylation sites (N-methyl/N-ethyl adjacent to an activating group) is 1. The molecule has 2 saturated heterocycles. The standard InChI is InChI=1S/C27H38ClN5O5S/c1-4-29-26(37)24(35)18(13-16-9-11-17(28)12-10-16)30-25(36)22(15(2)3)32-21(34)8-6-5-7-20-23-19(14-39-20)31-27(38)33-23/h9-12,15,18-20,22-23H,4-8,13-14H2,1-3H3,(H,29,37)(H,30,36)(H,32,34)(H2,31,33,38)/t18-,19-,20-,22-,23-/m0/s1. The van der Waals surface area contributed by atoms with Crippen molar-refractivity contribution in [2.45, 2.75) is 82.3 Å². The lowest BCUT2D eigenvalue weighted by atomic mass is 9.98. The number of fused-ring (bicyclic) bond motifs is 1. The van der Waals surface area contributed by atoms with Gasteiger partial charge in [-0.3, -0.25) is 19.2 Å². The molecule has 0 bridgehead atoms. The van der Waals surface area contributed by atoms with Gasteiger partial charge in [-0.25, -0.2) is 4.79 Å². The third-order valence-electron chi connectivity index (χ3n) is 6.89. The van der Waals surface area contributed by atoms with Crippen LogP contribution in [0, 0.1) is 5.92 Å². The molecule has 0 aromatic heterocycles. The number of thioether (sulfide) groups is 1. The minimum atomic E-state index is -1.10. The summed E-state index contributed by atoms with van der Waals surface area (Å²) in [6.07, 6.45) is 2.74. The van der Waals surface area contributed by atoms with Crippen LogP contribution in [0.15, 0.2) is 24.3 Å². The first-order chi connectivity index (χ1) is 18.6. The van der Waals surface area contributed by atoms with E-state index in [1.807, 2.05) is 25.6 Å². The lowest BCUT2D eigenvalue weighted by Gasteiger charge is -2.25. The largest absolute Gasteiger partial charge is 0.350 e. The van der Waals surface area contributed by atoms with E-state index in [-0.39, 0.29) is 49.3 Å². The van der Waals surface area contributed by atoms with Crippen molar-refractivity contribution in [2.75, 3.05) is 12.3 Å². The number of hydrogen-bond donors (Lipinski definition) is 5. The zero-order valence-electron chi connectivity index (χ0n) is 22.6. The maximum atomic E-state index is 13.2. The molecule has 3 rings (SSSR count). The van der Waals surface area contributed by atoms with Crippen LogP contribution in [-0.2, 0) is 25.6 Å². The number of hydrogen-bond acceptors (Lipinski definition) is 6. The summed E-state index contributed by atoms with van der Waals surface area (Å²) < 4.78 is 0. The molecule has 0 radical (unpaired) electrons. The van der Waals surface area contributed by atoms with E-state index in [0.29, 0.717) is 16.7 Å². The number of ketones is 1. The van der Waals surface area contributed by atoms with Crippen molar-refractivity contribution in [2.24, 2.45) is 5.92 Å². The molecule has 0 spiro atoms. The van der Waals surface area contributed by atoms with E-state index in [9.17, 15) is 24.0 Å². The van der Waals surface area contributed by atoms with E-state index in [1.165, 1.54) is 0 Å². The molecular weight excluding hydrogens is 542 g/mol. The average Bonchev–Trinajstić information content (AvgIpc) is 3.44. The van der Waals surface area contributed by atoms with Gasteiger partial charge in [-0.1, -0.05) is 44.0 Å². The van der Waals surface area contributed by atoms with Gasteiger partial charge in [0.25, 0.3) is 5.91 Å². The summed E-state index contributed by atoms with van der Waals surface area (Å²) in [4.78, 5) is 62.6. The number of carbonyl (C=O) groups is 5. The molecule has 5 atom stereocenters.